The fourth-order valence-corrected chi connectivity index (χ4v) is 3.08. The number of nitrogens with zero attached hydrogens (tertiary/aromatic N) is 1. The Balaban J connectivity index is 1.73. The van der Waals surface area contributed by atoms with Crippen LogP contribution in [-0.4, -0.2) is 11.1 Å². The Labute approximate surface area is 112 Å². The van der Waals surface area contributed by atoms with E-state index >= 15 is 0 Å². The van der Waals surface area contributed by atoms with Crippen LogP contribution in [0.4, 0.5) is 0 Å². The van der Waals surface area contributed by atoms with Crippen LogP contribution >= 0.6 is 0 Å². The van der Waals surface area contributed by atoms with Gasteiger partial charge in [0.15, 0.2) is 0 Å². The predicted molar refractivity (Wildman–Crippen MR) is 77.6 cm³/mol. The maximum atomic E-state index is 3.65. The number of aryl methyl sites for hydroxylation is 1. The van der Waals surface area contributed by atoms with E-state index in [9.17, 15) is 0 Å². The number of hydrogen-bond donors (Lipinski definition) is 1. The van der Waals surface area contributed by atoms with Gasteiger partial charge >= 0.3 is 0 Å². The van der Waals surface area contributed by atoms with E-state index in [2.05, 4.69) is 42.2 Å². The zero-order valence-electron chi connectivity index (χ0n) is 12.0. The number of aromatic nitrogens is 1. The molecule has 0 atom stereocenters. The van der Waals surface area contributed by atoms with Crippen LogP contribution < -0.4 is 5.32 Å². The molecule has 1 saturated carbocycles. The summed E-state index contributed by atoms with van der Waals surface area (Å²) in [6.45, 7) is 8.00. The lowest BCUT2D eigenvalue weighted by Gasteiger charge is -2.33. The molecule has 2 rings (SSSR count). The highest BCUT2D eigenvalue weighted by molar-refractivity contribution is 5.09. The molecule has 0 unspecified atom stereocenters. The van der Waals surface area contributed by atoms with Gasteiger partial charge in [0.05, 0.1) is 0 Å². The Kier molecular flexibility index (Phi) is 4.87. The van der Waals surface area contributed by atoms with Crippen LogP contribution in [0.1, 0.15) is 57.9 Å². The average Bonchev–Trinajstić information content (AvgIpc) is 2.78. The van der Waals surface area contributed by atoms with E-state index < -0.39 is 0 Å². The van der Waals surface area contributed by atoms with Crippen molar-refractivity contribution >= 4 is 0 Å². The van der Waals surface area contributed by atoms with Gasteiger partial charge in [-0.2, -0.15) is 0 Å². The lowest BCUT2D eigenvalue weighted by atomic mass is 9.76. The standard InChI is InChI=1S/C16H28N2/c1-3-10-18-11-7-15(13-18)12-17-14-16(2)8-5-4-6-9-16/h7,11,13,17H,3-6,8-10,12,14H2,1-2H3. The summed E-state index contributed by atoms with van der Waals surface area (Å²) >= 11 is 0. The van der Waals surface area contributed by atoms with Gasteiger partial charge in [-0.1, -0.05) is 33.1 Å². The molecule has 0 radical (unpaired) electrons. The minimum Gasteiger partial charge on any atom is -0.354 e. The van der Waals surface area contributed by atoms with Crippen molar-refractivity contribution in [3.63, 3.8) is 0 Å². The summed E-state index contributed by atoms with van der Waals surface area (Å²) < 4.78 is 2.29. The minimum absolute atomic E-state index is 0.546. The van der Waals surface area contributed by atoms with E-state index in [4.69, 9.17) is 0 Å². The van der Waals surface area contributed by atoms with Crippen molar-refractivity contribution in [1.29, 1.82) is 0 Å². The van der Waals surface area contributed by atoms with E-state index in [1.54, 1.807) is 0 Å². The molecule has 18 heavy (non-hydrogen) atoms. The zero-order valence-corrected chi connectivity index (χ0v) is 12.0. The molecule has 0 aliphatic heterocycles. The van der Waals surface area contributed by atoms with Crippen molar-refractivity contribution in [3.05, 3.63) is 24.0 Å². The molecular formula is C16H28N2. The molecule has 1 heterocycles. The second-order valence-corrected chi connectivity index (χ2v) is 6.23. The smallest absolute Gasteiger partial charge is 0.0220 e. The van der Waals surface area contributed by atoms with Gasteiger partial charge < -0.3 is 9.88 Å². The third-order valence-corrected chi connectivity index (χ3v) is 4.24. The highest BCUT2D eigenvalue weighted by Crippen LogP contribution is 2.34. The summed E-state index contributed by atoms with van der Waals surface area (Å²) in [4.78, 5) is 0. The molecule has 2 heteroatoms. The quantitative estimate of drug-likeness (QED) is 0.806. The lowest BCUT2D eigenvalue weighted by molar-refractivity contribution is 0.207. The van der Waals surface area contributed by atoms with Gasteiger partial charge in [-0.3, -0.25) is 0 Å². The van der Waals surface area contributed by atoms with E-state index in [1.165, 1.54) is 50.6 Å². The van der Waals surface area contributed by atoms with Crippen molar-refractivity contribution in [3.8, 4) is 0 Å². The lowest BCUT2D eigenvalue weighted by Crippen LogP contribution is -2.33. The molecule has 1 aromatic rings. The molecule has 1 N–H and O–H groups in total. The Morgan fingerprint density at radius 2 is 2.06 bits per heavy atom. The Hall–Kier alpha value is -0.760. The molecule has 0 saturated heterocycles. The molecule has 0 amide bonds. The maximum absolute atomic E-state index is 3.65. The molecule has 2 nitrogen and oxygen atoms in total. The van der Waals surface area contributed by atoms with Crippen LogP contribution in [0.5, 0.6) is 0 Å². The van der Waals surface area contributed by atoms with Crippen molar-refractivity contribution in [2.24, 2.45) is 5.41 Å². The summed E-state index contributed by atoms with van der Waals surface area (Å²) in [5, 5.41) is 3.65. The molecule has 102 valence electrons. The van der Waals surface area contributed by atoms with Crippen molar-refractivity contribution in [1.82, 2.24) is 9.88 Å². The van der Waals surface area contributed by atoms with Crippen LogP contribution in [0.15, 0.2) is 18.5 Å². The van der Waals surface area contributed by atoms with E-state index in [1.807, 2.05) is 0 Å². The molecule has 1 aliphatic rings. The topological polar surface area (TPSA) is 17.0 Å². The van der Waals surface area contributed by atoms with E-state index in [0.717, 1.165) is 13.1 Å². The Morgan fingerprint density at radius 3 is 2.78 bits per heavy atom. The molecule has 0 aromatic carbocycles. The van der Waals surface area contributed by atoms with E-state index in [-0.39, 0.29) is 0 Å². The predicted octanol–water partition coefficient (Wildman–Crippen LogP) is 3.96. The summed E-state index contributed by atoms with van der Waals surface area (Å²) in [6, 6.07) is 2.24. The first-order chi connectivity index (χ1) is 8.72. The number of hydrogen-bond acceptors (Lipinski definition) is 1. The van der Waals surface area contributed by atoms with Gasteiger partial charge in [-0.25, -0.2) is 0 Å². The monoisotopic (exact) mass is 248 g/mol. The molecular weight excluding hydrogens is 220 g/mol. The fraction of sp³-hybridized carbons (Fsp3) is 0.750. The van der Waals surface area contributed by atoms with E-state index in [0.29, 0.717) is 5.41 Å². The molecule has 0 spiro atoms. The second-order valence-electron chi connectivity index (χ2n) is 6.23. The second kappa shape index (κ2) is 6.42. The molecule has 0 bridgehead atoms. The van der Waals surface area contributed by atoms with Gasteiger partial charge in [0.25, 0.3) is 0 Å². The van der Waals surface area contributed by atoms with Crippen molar-refractivity contribution in [2.45, 2.75) is 65.5 Å². The summed E-state index contributed by atoms with van der Waals surface area (Å²) in [6.07, 6.45) is 12.8. The van der Waals surface area contributed by atoms with Gasteiger partial charge in [0, 0.05) is 32.0 Å². The summed E-state index contributed by atoms with van der Waals surface area (Å²) in [5.41, 5.74) is 1.97. The minimum atomic E-state index is 0.546. The largest absolute Gasteiger partial charge is 0.354 e. The number of rotatable bonds is 6. The summed E-state index contributed by atoms with van der Waals surface area (Å²) in [7, 11) is 0. The van der Waals surface area contributed by atoms with Crippen molar-refractivity contribution in [2.75, 3.05) is 6.54 Å². The first kappa shape index (κ1) is 13.7. The van der Waals surface area contributed by atoms with Crippen LogP contribution in [0, 0.1) is 5.41 Å². The van der Waals surface area contributed by atoms with Gasteiger partial charge in [0.1, 0.15) is 0 Å². The highest BCUT2D eigenvalue weighted by atomic mass is 14.9. The normalized spacial score (nSPS) is 19.0. The molecule has 1 aromatic heterocycles. The summed E-state index contributed by atoms with van der Waals surface area (Å²) in [5.74, 6) is 0. The SMILES string of the molecule is CCCn1ccc(CNCC2(C)CCCCC2)c1. The van der Waals surface area contributed by atoms with Crippen LogP contribution in [0.25, 0.3) is 0 Å². The van der Waals surface area contributed by atoms with Gasteiger partial charge in [-0.15, -0.1) is 0 Å². The van der Waals surface area contributed by atoms with Crippen LogP contribution in [-0.2, 0) is 13.1 Å². The fourth-order valence-electron chi connectivity index (χ4n) is 3.08. The Morgan fingerprint density at radius 1 is 1.28 bits per heavy atom. The highest BCUT2D eigenvalue weighted by Gasteiger charge is 2.25. The molecule has 1 aliphatic carbocycles. The van der Waals surface area contributed by atoms with Crippen LogP contribution in [0.3, 0.4) is 0 Å². The van der Waals surface area contributed by atoms with Crippen LogP contribution in [0.2, 0.25) is 0 Å². The third kappa shape index (κ3) is 3.88. The molecule has 1 fully saturated rings. The Bertz CT molecular complexity index is 348. The van der Waals surface area contributed by atoms with Crippen molar-refractivity contribution < 1.29 is 0 Å². The van der Waals surface area contributed by atoms with Gasteiger partial charge in [-0.05, 0) is 36.3 Å². The zero-order chi connectivity index (χ0) is 12.8. The number of nitrogens with one attached hydrogen (secondary N) is 1. The maximum Gasteiger partial charge on any atom is 0.0220 e. The first-order valence-electron chi connectivity index (χ1n) is 7.57. The average molecular weight is 248 g/mol. The first-order valence-corrected chi connectivity index (χ1v) is 7.57. The van der Waals surface area contributed by atoms with Gasteiger partial charge in [0.2, 0.25) is 0 Å². The third-order valence-electron chi connectivity index (χ3n) is 4.24.